The third kappa shape index (κ3) is 3.65. The van der Waals surface area contributed by atoms with E-state index in [1.807, 2.05) is 36.4 Å². The zero-order valence-corrected chi connectivity index (χ0v) is 23.1. The van der Waals surface area contributed by atoms with E-state index in [1.165, 1.54) is 21.5 Å². The summed E-state index contributed by atoms with van der Waals surface area (Å²) in [5, 5.41) is 4.75. The first-order valence-corrected chi connectivity index (χ1v) is 14.4. The fourth-order valence-corrected chi connectivity index (χ4v) is 6.30. The Morgan fingerprint density at radius 3 is 1.98 bits per heavy atom. The minimum atomic E-state index is 0.681. The molecular formula is C38H24N4O. The predicted octanol–water partition coefficient (Wildman–Crippen LogP) is 9.97. The zero-order chi connectivity index (χ0) is 28.3. The van der Waals surface area contributed by atoms with Crippen LogP contribution < -0.4 is 9.64 Å². The van der Waals surface area contributed by atoms with Crippen LogP contribution in [0.3, 0.4) is 0 Å². The first-order valence-electron chi connectivity index (χ1n) is 14.4. The monoisotopic (exact) mass is 552 g/mol. The molecule has 9 rings (SSSR count). The second-order valence-corrected chi connectivity index (χ2v) is 10.7. The van der Waals surface area contributed by atoms with Gasteiger partial charge in [-0.1, -0.05) is 97.1 Å². The molecule has 0 fully saturated rings. The summed E-state index contributed by atoms with van der Waals surface area (Å²) in [6, 6.07) is 50.0. The lowest BCUT2D eigenvalue weighted by atomic mass is 10.0. The number of para-hydroxylation sites is 4. The van der Waals surface area contributed by atoms with E-state index in [-0.39, 0.29) is 0 Å². The van der Waals surface area contributed by atoms with Crippen molar-refractivity contribution in [3.63, 3.8) is 0 Å². The quantitative estimate of drug-likeness (QED) is 0.219. The Morgan fingerprint density at radius 2 is 1.14 bits per heavy atom. The van der Waals surface area contributed by atoms with Crippen molar-refractivity contribution in [2.45, 2.75) is 0 Å². The number of ether oxygens (including phenoxy) is 1. The van der Waals surface area contributed by atoms with Crippen molar-refractivity contribution >= 4 is 49.9 Å². The fourth-order valence-electron chi connectivity index (χ4n) is 6.30. The van der Waals surface area contributed by atoms with Gasteiger partial charge in [0.1, 0.15) is 11.6 Å². The summed E-state index contributed by atoms with van der Waals surface area (Å²) in [6.07, 6.45) is 0. The number of aromatic nitrogens is 3. The van der Waals surface area contributed by atoms with E-state index < -0.39 is 0 Å². The van der Waals surface area contributed by atoms with E-state index in [1.54, 1.807) is 0 Å². The highest BCUT2D eigenvalue weighted by molar-refractivity contribution is 6.09. The van der Waals surface area contributed by atoms with Gasteiger partial charge in [0, 0.05) is 16.3 Å². The smallest absolute Gasteiger partial charge is 0.184 e. The Hall–Kier alpha value is -5.94. The third-order valence-electron chi connectivity index (χ3n) is 8.20. The standard InChI is InChI=1S/C38H24N4O/c1-2-13-26-25(11-1)12-9-16-27(26)30-17-10-22-36(39-30)42-33-20-7-8-21-34(33)43-35-23-24-37(40-38(35)42)41-31-18-5-3-14-28(31)29-15-4-6-19-32(29)41/h1-24H. The molecule has 202 valence electrons. The Morgan fingerprint density at radius 1 is 0.465 bits per heavy atom. The van der Waals surface area contributed by atoms with Gasteiger partial charge in [-0.2, -0.15) is 0 Å². The van der Waals surface area contributed by atoms with Gasteiger partial charge in [-0.15, -0.1) is 0 Å². The predicted molar refractivity (Wildman–Crippen MR) is 174 cm³/mol. The molecule has 0 radical (unpaired) electrons. The largest absolute Gasteiger partial charge is 0.451 e. The van der Waals surface area contributed by atoms with Crippen molar-refractivity contribution in [1.82, 2.24) is 14.5 Å². The van der Waals surface area contributed by atoms with Crippen LogP contribution in [-0.2, 0) is 0 Å². The first-order chi connectivity index (χ1) is 21.3. The number of benzene rings is 5. The molecule has 5 nitrogen and oxygen atoms in total. The van der Waals surface area contributed by atoms with Gasteiger partial charge in [-0.25, -0.2) is 9.97 Å². The molecule has 5 heteroatoms. The zero-order valence-electron chi connectivity index (χ0n) is 23.1. The van der Waals surface area contributed by atoms with Crippen molar-refractivity contribution < 1.29 is 4.74 Å². The van der Waals surface area contributed by atoms with E-state index in [0.29, 0.717) is 11.6 Å². The molecule has 1 aliphatic rings. The summed E-state index contributed by atoms with van der Waals surface area (Å²) in [4.78, 5) is 12.6. The van der Waals surface area contributed by atoms with E-state index in [2.05, 4.69) is 119 Å². The van der Waals surface area contributed by atoms with Crippen molar-refractivity contribution in [2.24, 2.45) is 0 Å². The minimum Gasteiger partial charge on any atom is -0.451 e. The number of pyridine rings is 2. The maximum absolute atomic E-state index is 6.41. The Labute approximate surface area is 247 Å². The highest BCUT2D eigenvalue weighted by Crippen LogP contribution is 2.49. The summed E-state index contributed by atoms with van der Waals surface area (Å²) < 4.78 is 8.63. The lowest BCUT2D eigenvalue weighted by Crippen LogP contribution is -2.19. The highest BCUT2D eigenvalue weighted by Gasteiger charge is 2.29. The number of anilines is 3. The van der Waals surface area contributed by atoms with E-state index >= 15 is 0 Å². The molecule has 8 aromatic rings. The molecule has 0 spiro atoms. The van der Waals surface area contributed by atoms with E-state index in [4.69, 9.17) is 14.7 Å². The molecule has 5 aromatic carbocycles. The van der Waals surface area contributed by atoms with E-state index in [0.717, 1.165) is 45.4 Å². The SMILES string of the molecule is c1cc(-c2cccc3ccccc23)nc(N2c3ccccc3Oc3ccc(-n4c5ccccc5c5ccccc54)nc32)c1. The molecular weight excluding hydrogens is 528 g/mol. The van der Waals surface area contributed by atoms with Gasteiger partial charge in [0.2, 0.25) is 0 Å². The van der Waals surface area contributed by atoms with Crippen LogP contribution in [0.2, 0.25) is 0 Å². The number of hydrogen-bond acceptors (Lipinski definition) is 4. The van der Waals surface area contributed by atoms with Gasteiger partial charge in [-0.05, 0) is 59.3 Å². The first kappa shape index (κ1) is 23.7. The van der Waals surface area contributed by atoms with E-state index in [9.17, 15) is 0 Å². The average molecular weight is 553 g/mol. The molecule has 1 aliphatic heterocycles. The van der Waals surface area contributed by atoms with Gasteiger partial charge in [0.05, 0.1) is 22.4 Å². The molecule has 43 heavy (non-hydrogen) atoms. The van der Waals surface area contributed by atoms with Crippen LogP contribution >= 0.6 is 0 Å². The molecule has 0 atom stereocenters. The maximum atomic E-state index is 6.41. The van der Waals surface area contributed by atoms with Crippen LogP contribution in [-0.4, -0.2) is 14.5 Å². The normalized spacial score (nSPS) is 12.3. The highest BCUT2D eigenvalue weighted by atomic mass is 16.5. The van der Waals surface area contributed by atoms with Crippen LogP contribution in [0.1, 0.15) is 0 Å². The molecule has 0 bridgehead atoms. The topological polar surface area (TPSA) is 43.2 Å². The van der Waals surface area contributed by atoms with Gasteiger partial charge in [-0.3, -0.25) is 9.47 Å². The lowest BCUT2D eigenvalue weighted by molar-refractivity contribution is 0.473. The molecule has 0 N–H and O–H groups in total. The Kier molecular flexibility index (Phi) is 5.13. The van der Waals surface area contributed by atoms with Crippen molar-refractivity contribution in [3.8, 4) is 28.6 Å². The van der Waals surface area contributed by atoms with Gasteiger partial charge < -0.3 is 4.74 Å². The molecule has 3 aromatic heterocycles. The van der Waals surface area contributed by atoms with Crippen LogP contribution in [0.15, 0.2) is 146 Å². The summed E-state index contributed by atoms with van der Waals surface area (Å²) in [6.45, 7) is 0. The maximum Gasteiger partial charge on any atom is 0.184 e. The van der Waals surface area contributed by atoms with Crippen molar-refractivity contribution in [3.05, 3.63) is 146 Å². The number of fused-ring (bicyclic) bond motifs is 6. The summed E-state index contributed by atoms with van der Waals surface area (Å²) in [5.74, 6) is 3.73. The number of nitrogens with zero attached hydrogens (tertiary/aromatic N) is 4. The Bertz CT molecular complexity index is 2300. The average Bonchev–Trinajstić information content (AvgIpc) is 3.41. The van der Waals surface area contributed by atoms with Gasteiger partial charge >= 0.3 is 0 Å². The molecule has 0 saturated heterocycles. The van der Waals surface area contributed by atoms with Crippen LogP contribution in [0.5, 0.6) is 11.5 Å². The van der Waals surface area contributed by atoms with Crippen molar-refractivity contribution in [2.75, 3.05) is 4.90 Å². The summed E-state index contributed by atoms with van der Waals surface area (Å²) in [7, 11) is 0. The van der Waals surface area contributed by atoms with Crippen LogP contribution in [0.4, 0.5) is 17.3 Å². The molecule has 0 saturated carbocycles. The molecule has 0 amide bonds. The lowest BCUT2D eigenvalue weighted by Gasteiger charge is -2.31. The fraction of sp³-hybridized carbons (Fsp3) is 0. The number of rotatable bonds is 3. The van der Waals surface area contributed by atoms with Crippen molar-refractivity contribution in [1.29, 1.82) is 0 Å². The second-order valence-electron chi connectivity index (χ2n) is 10.7. The number of hydrogen-bond donors (Lipinski definition) is 0. The van der Waals surface area contributed by atoms with Crippen LogP contribution in [0.25, 0.3) is 49.7 Å². The Balaban J connectivity index is 1.26. The minimum absolute atomic E-state index is 0.681. The van der Waals surface area contributed by atoms with Gasteiger partial charge in [0.15, 0.2) is 17.3 Å². The molecule has 0 unspecified atom stereocenters. The molecule has 0 aliphatic carbocycles. The third-order valence-corrected chi connectivity index (χ3v) is 8.20. The second kappa shape index (κ2) is 9.29. The van der Waals surface area contributed by atoms with Gasteiger partial charge in [0.25, 0.3) is 0 Å². The summed E-state index contributed by atoms with van der Waals surface area (Å²) in [5.41, 5.74) is 5.10. The summed E-state index contributed by atoms with van der Waals surface area (Å²) >= 11 is 0. The molecule has 4 heterocycles. The van der Waals surface area contributed by atoms with Crippen LogP contribution in [0, 0.1) is 0 Å².